The molecule has 0 heterocycles. The summed E-state index contributed by atoms with van der Waals surface area (Å²) in [7, 11) is 0. The van der Waals surface area contributed by atoms with Crippen LogP contribution >= 0.6 is 0 Å². The Morgan fingerprint density at radius 2 is 1.31 bits per heavy atom. The van der Waals surface area contributed by atoms with Gasteiger partial charge >= 0.3 is 17.1 Å². The normalized spacial score (nSPS) is 17.7. The zero-order valence-electron chi connectivity index (χ0n) is 8.70. The molecule has 0 fully saturated rings. The second kappa shape index (κ2) is 7.41. The molecule has 0 aliphatic heterocycles. The number of hydrogen-bond acceptors (Lipinski definition) is 0. The first kappa shape index (κ1) is 13.0. The van der Waals surface area contributed by atoms with E-state index >= 15 is 0 Å². The van der Waals surface area contributed by atoms with Gasteiger partial charge in [0, 0.05) is 0 Å². The van der Waals surface area contributed by atoms with Gasteiger partial charge in [0.05, 0.1) is 0 Å². The Kier molecular flexibility index (Phi) is 7.41. The third-order valence-corrected chi connectivity index (χ3v) is 2.75. The summed E-state index contributed by atoms with van der Waals surface area (Å²) in [5.41, 5.74) is 3.45. The molecule has 0 amide bonds. The zero-order chi connectivity index (χ0) is 8.81. The van der Waals surface area contributed by atoms with Gasteiger partial charge in [-0.2, -0.15) is 0 Å². The van der Waals surface area contributed by atoms with E-state index in [0.29, 0.717) is 0 Å². The summed E-state index contributed by atoms with van der Waals surface area (Å²) in [6.45, 7) is 4.58. The van der Waals surface area contributed by atoms with Crippen LogP contribution in [-0.2, 0) is 17.1 Å². The molecule has 78 valence electrons. The molecule has 0 atom stereocenters. The van der Waals surface area contributed by atoms with Gasteiger partial charge in [-0.1, -0.05) is 37.1 Å². The Hall–Kier alpha value is -0.000519. The Morgan fingerprint density at radius 3 is 1.62 bits per heavy atom. The fourth-order valence-corrected chi connectivity index (χ4v) is 1.96. The van der Waals surface area contributed by atoms with E-state index in [9.17, 15) is 0 Å². The standard InChI is InChI=1S/C12H20.Cu/c1-3-11-9-7-5-6-8-10-12(11)4-2;/h5-6H,3-4,7-10H2,1-2H3;/q;+1. The molecule has 0 nitrogen and oxygen atoms in total. The van der Waals surface area contributed by atoms with Crippen LogP contribution in [-0.4, -0.2) is 0 Å². The number of allylic oxidation sites excluding steroid dienone is 4. The molecule has 1 aliphatic carbocycles. The van der Waals surface area contributed by atoms with Crippen LogP contribution in [0.5, 0.6) is 0 Å². The van der Waals surface area contributed by atoms with Crippen LogP contribution in [0.3, 0.4) is 0 Å². The van der Waals surface area contributed by atoms with Crippen molar-refractivity contribution in [3.8, 4) is 0 Å². The van der Waals surface area contributed by atoms with Gasteiger partial charge in [-0.25, -0.2) is 0 Å². The first-order valence-corrected chi connectivity index (χ1v) is 5.23. The minimum absolute atomic E-state index is 0. The van der Waals surface area contributed by atoms with E-state index in [4.69, 9.17) is 0 Å². The zero-order valence-corrected chi connectivity index (χ0v) is 9.64. The first-order valence-electron chi connectivity index (χ1n) is 5.23. The summed E-state index contributed by atoms with van der Waals surface area (Å²) >= 11 is 0. The average Bonchev–Trinajstić information content (AvgIpc) is 2.05. The van der Waals surface area contributed by atoms with Crippen molar-refractivity contribution in [1.29, 1.82) is 0 Å². The van der Waals surface area contributed by atoms with Gasteiger partial charge in [0.15, 0.2) is 0 Å². The molecule has 0 saturated heterocycles. The molecule has 0 radical (unpaired) electrons. The molecule has 0 aromatic carbocycles. The predicted octanol–water partition coefficient (Wildman–Crippen LogP) is 4.23. The molecule has 0 unspecified atom stereocenters. The molecular formula is C12H20Cu+. The molecule has 0 saturated carbocycles. The van der Waals surface area contributed by atoms with Crippen molar-refractivity contribution in [2.24, 2.45) is 0 Å². The van der Waals surface area contributed by atoms with E-state index in [1.165, 1.54) is 38.5 Å². The predicted molar refractivity (Wildman–Crippen MR) is 55.2 cm³/mol. The van der Waals surface area contributed by atoms with Gasteiger partial charge in [0.25, 0.3) is 0 Å². The summed E-state index contributed by atoms with van der Waals surface area (Å²) in [6, 6.07) is 0. The maximum atomic E-state index is 2.34. The molecule has 1 heteroatoms. The number of rotatable bonds is 2. The van der Waals surface area contributed by atoms with Crippen LogP contribution in [0, 0.1) is 0 Å². The third kappa shape index (κ3) is 4.15. The molecule has 0 N–H and O–H groups in total. The third-order valence-electron chi connectivity index (χ3n) is 2.75. The average molecular weight is 228 g/mol. The molecule has 0 spiro atoms. The van der Waals surface area contributed by atoms with Crippen LogP contribution in [0.15, 0.2) is 23.3 Å². The molecule has 0 aromatic heterocycles. The summed E-state index contributed by atoms with van der Waals surface area (Å²) in [4.78, 5) is 0. The first-order chi connectivity index (χ1) is 5.88. The SMILES string of the molecule is CCC1=C(CC)CCC=CCC1.[Cu+]. The van der Waals surface area contributed by atoms with E-state index in [1.807, 2.05) is 0 Å². The van der Waals surface area contributed by atoms with Crippen molar-refractivity contribution in [3.05, 3.63) is 23.3 Å². The van der Waals surface area contributed by atoms with E-state index in [0.717, 1.165) is 0 Å². The van der Waals surface area contributed by atoms with Crippen LogP contribution < -0.4 is 0 Å². The van der Waals surface area contributed by atoms with E-state index in [1.54, 1.807) is 11.1 Å². The van der Waals surface area contributed by atoms with Crippen LogP contribution in [0.2, 0.25) is 0 Å². The minimum atomic E-state index is 0. The Morgan fingerprint density at radius 1 is 0.923 bits per heavy atom. The Bertz CT molecular complexity index is 169. The fourth-order valence-electron chi connectivity index (χ4n) is 1.96. The molecule has 0 bridgehead atoms. The van der Waals surface area contributed by atoms with Gasteiger partial charge < -0.3 is 0 Å². The van der Waals surface area contributed by atoms with Crippen molar-refractivity contribution in [2.75, 3.05) is 0 Å². The van der Waals surface area contributed by atoms with Crippen LogP contribution in [0.4, 0.5) is 0 Å². The van der Waals surface area contributed by atoms with Gasteiger partial charge in [-0.3, -0.25) is 0 Å². The van der Waals surface area contributed by atoms with Crippen molar-refractivity contribution < 1.29 is 17.1 Å². The van der Waals surface area contributed by atoms with E-state index in [-0.39, 0.29) is 17.1 Å². The summed E-state index contributed by atoms with van der Waals surface area (Å²) in [5, 5.41) is 0. The maximum Gasteiger partial charge on any atom is 1.00 e. The van der Waals surface area contributed by atoms with Crippen molar-refractivity contribution in [2.45, 2.75) is 52.4 Å². The van der Waals surface area contributed by atoms with Crippen LogP contribution in [0.25, 0.3) is 0 Å². The van der Waals surface area contributed by atoms with E-state index in [2.05, 4.69) is 26.0 Å². The monoisotopic (exact) mass is 227 g/mol. The van der Waals surface area contributed by atoms with Crippen molar-refractivity contribution in [3.63, 3.8) is 0 Å². The van der Waals surface area contributed by atoms with Gasteiger partial charge in [0.2, 0.25) is 0 Å². The van der Waals surface area contributed by atoms with Gasteiger partial charge in [-0.15, -0.1) is 0 Å². The quantitative estimate of drug-likeness (QED) is 0.489. The Balaban J connectivity index is 0.00000144. The second-order valence-electron chi connectivity index (χ2n) is 3.46. The molecule has 1 aliphatic rings. The summed E-state index contributed by atoms with van der Waals surface area (Å²) in [5.74, 6) is 0. The molecular weight excluding hydrogens is 208 g/mol. The van der Waals surface area contributed by atoms with E-state index < -0.39 is 0 Å². The van der Waals surface area contributed by atoms with Crippen molar-refractivity contribution in [1.82, 2.24) is 0 Å². The fraction of sp³-hybridized carbons (Fsp3) is 0.667. The maximum absolute atomic E-state index is 2.34. The Labute approximate surface area is 93.0 Å². The number of hydrogen-bond donors (Lipinski definition) is 0. The summed E-state index contributed by atoms with van der Waals surface area (Å²) < 4.78 is 0. The topological polar surface area (TPSA) is 0 Å². The molecule has 1 rings (SSSR count). The minimum Gasteiger partial charge on any atom is -0.0882 e. The van der Waals surface area contributed by atoms with Crippen LogP contribution in [0.1, 0.15) is 52.4 Å². The largest absolute Gasteiger partial charge is 1.00 e. The smallest absolute Gasteiger partial charge is 0.0882 e. The van der Waals surface area contributed by atoms with Gasteiger partial charge in [0.1, 0.15) is 0 Å². The molecule has 13 heavy (non-hydrogen) atoms. The second-order valence-corrected chi connectivity index (χ2v) is 3.46. The molecule has 0 aromatic rings. The van der Waals surface area contributed by atoms with Crippen molar-refractivity contribution >= 4 is 0 Å². The summed E-state index contributed by atoms with van der Waals surface area (Å²) in [6.07, 6.45) is 12.3. The van der Waals surface area contributed by atoms with Gasteiger partial charge in [-0.05, 0) is 38.5 Å².